The lowest BCUT2D eigenvalue weighted by Crippen LogP contribution is -2.33. The minimum absolute atomic E-state index is 0.00178. The zero-order valence-corrected chi connectivity index (χ0v) is 16.2. The Kier molecular flexibility index (Phi) is 5.65. The van der Waals surface area contributed by atoms with Crippen LogP contribution in [0.25, 0.3) is 0 Å². The molecular weight excluding hydrogens is 390 g/mol. The Morgan fingerprint density at radius 3 is 2.62 bits per heavy atom. The van der Waals surface area contributed by atoms with Gasteiger partial charge in [0.05, 0.1) is 17.0 Å². The van der Waals surface area contributed by atoms with Crippen molar-refractivity contribution < 1.29 is 13.2 Å². The summed E-state index contributed by atoms with van der Waals surface area (Å²) in [6.45, 7) is 0.722. The minimum atomic E-state index is -3.13. The molecule has 0 aromatic heterocycles. The van der Waals surface area contributed by atoms with E-state index in [1.807, 2.05) is 29.2 Å². The van der Waals surface area contributed by atoms with Gasteiger partial charge in [-0.1, -0.05) is 40.9 Å². The first-order valence-electron chi connectivity index (χ1n) is 8.74. The van der Waals surface area contributed by atoms with E-state index in [4.69, 9.17) is 0 Å². The summed E-state index contributed by atoms with van der Waals surface area (Å²) in [5.41, 5.74) is 1.12. The van der Waals surface area contributed by atoms with E-state index >= 15 is 0 Å². The number of rotatable bonds is 5. The van der Waals surface area contributed by atoms with Crippen LogP contribution in [0.15, 0.2) is 28.7 Å². The summed E-state index contributed by atoms with van der Waals surface area (Å²) in [6, 6.07) is 8.11. The molecule has 132 valence electrons. The number of hydrogen-bond donors (Lipinski definition) is 0. The van der Waals surface area contributed by atoms with Crippen LogP contribution in [-0.4, -0.2) is 36.8 Å². The average molecular weight is 414 g/mol. The topological polar surface area (TPSA) is 54.5 Å². The Morgan fingerprint density at radius 2 is 1.92 bits per heavy atom. The lowest BCUT2D eigenvalue weighted by atomic mass is 10.0. The van der Waals surface area contributed by atoms with Crippen molar-refractivity contribution in [1.82, 2.24) is 4.90 Å². The highest BCUT2D eigenvalue weighted by Gasteiger charge is 2.33. The second-order valence-corrected chi connectivity index (χ2v) is 10.1. The van der Waals surface area contributed by atoms with E-state index in [1.54, 1.807) is 0 Å². The Labute approximate surface area is 152 Å². The molecule has 1 amide bonds. The van der Waals surface area contributed by atoms with E-state index in [1.165, 1.54) is 0 Å². The summed E-state index contributed by atoms with van der Waals surface area (Å²) in [4.78, 5) is 14.5. The summed E-state index contributed by atoms with van der Waals surface area (Å²) < 4.78 is 25.7. The molecule has 6 heteroatoms. The predicted molar refractivity (Wildman–Crippen MR) is 98.5 cm³/mol. The molecule has 0 radical (unpaired) electrons. The van der Waals surface area contributed by atoms with Gasteiger partial charge in [-0.15, -0.1) is 0 Å². The van der Waals surface area contributed by atoms with Gasteiger partial charge < -0.3 is 4.90 Å². The quantitative estimate of drug-likeness (QED) is 0.735. The number of carbonyl (C=O) groups is 1. The molecule has 1 saturated carbocycles. The average Bonchev–Trinajstić information content (AvgIpc) is 3.24. The van der Waals surface area contributed by atoms with Gasteiger partial charge in [0.1, 0.15) is 0 Å². The molecule has 0 unspecified atom stereocenters. The van der Waals surface area contributed by atoms with Crippen molar-refractivity contribution in [3.8, 4) is 0 Å². The van der Waals surface area contributed by atoms with Crippen molar-refractivity contribution in [3.63, 3.8) is 0 Å². The molecule has 1 heterocycles. The fraction of sp³-hybridized carbons (Fsp3) is 0.611. The molecule has 0 spiro atoms. The van der Waals surface area contributed by atoms with Crippen molar-refractivity contribution in [2.45, 2.75) is 56.2 Å². The third-order valence-electron chi connectivity index (χ3n) is 5.22. The molecule has 1 aromatic rings. The van der Waals surface area contributed by atoms with E-state index in [2.05, 4.69) is 15.9 Å². The second-order valence-electron chi connectivity index (χ2n) is 6.82. The lowest BCUT2D eigenvalue weighted by Gasteiger charge is -2.25. The largest absolute Gasteiger partial charge is 0.336 e. The van der Waals surface area contributed by atoms with Crippen LogP contribution in [-0.2, 0) is 14.6 Å². The predicted octanol–water partition coefficient (Wildman–Crippen LogP) is 3.86. The molecule has 1 aliphatic carbocycles. The van der Waals surface area contributed by atoms with E-state index in [9.17, 15) is 13.2 Å². The van der Waals surface area contributed by atoms with Gasteiger partial charge in [-0.2, -0.15) is 0 Å². The van der Waals surface area contributed by atoms with Gasteiger partial charge in [-0.05, 0) is 43.4 Å². The van der Waals surface area contributed by atoms with E-state index in [0.29, 0.717) is 0 Å². The van der Waals surface area contributed by atoms with Crippen molar-refractivity contribution >= 4 is 31.7 Å². The lowest BCUT2D eigenvalue weighted by molar-refractivity contribution is -0.131. The van der Waals surface area contributed by atoms with Crippen LogP contribution in [0.5, 0.6) is 0 Å². The zero-order valence-electron chi connectivity index (χ0n) is 13.8. The van der Waals surface area contributed by atoms with Gasteiger partial charge in [-0.3, -0.25) is 4.79 Å². The summed E-state index contributed by atoms with van der Waals surface area (Å²) in [5, 5.41) is -0.218. The number of nitrogens with zero attached hydrogens (tertiary/aromatic N) is 1. The molecule has 2 aliphatic rings. The number of benzene rings is 1. The summed E-state index contributed by atoms with van der Waals surface area (Å²) in [6.07, 6.45) is 5.55. The molecule has 4 nitrogen and oxygen atoms in total. The van der Waals surface area contributed by atoms with Crippen molar-refractivity contribution in [2.75, 3.05) is 12.3 Å². The number of carbonyl (C=O) groups excluding carboxylic acids is 1. The standard InChI is InChI=1S/C18H24BrNO3S/c19-15-6-3-5-14(13-15)17-9-4-11-20(17)18(21)10-12-24(22,23)16-7-1-2-8-16/h3,5-6,13,16-17H,1-2,4,7-12H2/t17-/m1/s1. The Balaban J connectivity index is 1.63. The third-order valence-corrected chi connectivity index (χ3v) is 7.97. The number of halogens is 1. The van der Waals surface area contributed by atoms with Crippen molar-refractivity contribution in [3.05, 3.63) is 34.3 Å². The highest BCUT2D eigenvalue weighted by Crippen LogP contribution is 2.34. The molecule has 1 saturated heterocycles. The Bertz CT molecular complexity index is 698. The van der Waals surface area contributed by atoms with Gasteiger partial charge in [0.15, 0.2) is 9.84 Å². The number of amides is 1. The van der Waals surface area contributed by atoms with Crippen LogP contribution in [0, 0.1) is 0 Å². The molecule has 1 atom stereocenters. The molecule has 24 heavy (non-hydrogen) atoms. The molecule has 0 N–H and O–H groups in total. The van der Waals surface area contributed by atoms with E-state index in [-0.39, 0.29) is 29.4 Å². The van der Waals surface area contributed by atoms with E-state index < -0.39 is 9.84 Å². The highest BCUT2D eigenvalue weighted by molar-refractivity contribution is 9.10. The minimum Gasteiger partial charge on any atom is -0.336 e. The maximum absolute atomic E-state index is 12.6. The van der Waals surface area contributed by atoms with E-state index in [0.717, 1.165) is 55.1 Å². The SMILES string of the molecule is O=C(CCS(=O)(=O)C1CCCC1)N1CCC[C@@H]1c1cccc(Br)c1. The fourth-order valence-corrected chi connectivity index (χ4v) is 6.17. The highest BCUT2D eigenvalue weighted by atomic mass is 79.9. The van der Waals surface area contributed by atoms with Crippen LogP contribution >= 0.6 is 15.9 Å². The first-order chi connectivity index (χ1) is 11.5. The molecule has 0 bridgehead atoms. The number of sulfone groups is 1. The monoisotopic (exact) mass is 413 g/mol. The van der Waals surface area contributed by atoms with Gasteiger partial charge in [0, 0.05) is 17.4 Å². The molecular formula is C18H24BrNO3S. The van der Waals surface area contributed by atoms with Gasteiger partial charge in [-0.25, -0.2) is 8.42 Å². The third kappa shape index (κ3) is 4.02. The number of hydrogen-bond acceptors (Lipinski definition) is 3. The summed E-state index contributed by atoms with van der Waals surface area (Å²) in [5.74, 6) is -0.0304. The molecule has 2 fully saturated rings. The van der Waals surface area contributed by atoms with Crippen LogP contribution in [0.3, 0.4) is 0 Å². The van der Waals surface area contributed by atoms with Gasteiger partial charge in [0.2, 0.25) is 5.91 Å². The van der Waals surface area contributed by atoms with Gasteiger partial charge in [0.25, 0.3) is 0 Å². The maximum atomic E-state index is 12.6. The summed E-state index contributed by atoms with van der Waals surface area (Å²) >= 11 is 3.48. The normalized spacial score (nSPS) is 22.2. The second kappa shape index (κ2) is 7.56. The molecule has 1 aliphatic heterocycles. The van der Waals surface area contributed by atoms with Crippen molar-refractivity contribution in [2.24, 2.45) is 0 Å². The van der Waals surface area contributed by atoms with Crippen LogP contribution < -0.4 is 0 Å². The smallest absolute Gasteiger partial charge is 0.224 e. The van der Waals surface area contributed by atoms with Gasteiger partial charge >= 0.3 is 0 Å². The maximum Gasteiger partial charge on any atom is 0.224 e. The molecule has 1 aromatic carbocycles. The van der Waals surface area contributed by atoms with Crippen LogP contribution in [0.1, 0.15) is 56.6 Å². The van der Waals surface area contributed by atoms with Crippen LogP contribution in [0.2, 0.25) is 0 Å². The zero-order chi connectivity index (χ0) is 17.2. The Morgan fingerprint density at radius 1 is 1.17 bits per heavy atom. The first-order valence-corrected chi connectivity index (χ1v) is 11.2. The van der Waals surface area contributed by atoms with Crippen molar-refractivity contribution in [1.29, 1.82) is 0 Å². The van der Waals surface area contributed by atoms with Crippen LogP contribution in [0.4, 0.5) is 0 Å². The summed E-state index contributed by atoms with van der Waals surface area (Å²) in [7, 11) is -3.13. The number of likely N-dealkylation sites (tertiary alicyclic amines) is 1. The Hall–Kier alpha value is -0.880. The fourth-order valence-electron chi connectivity index (χ4n) is 3.91. The first kappa shape index (κ1) is 17.9. The molecule has 3 rings (SSSR count).